The van der Waals surface area contributed by atoms with Gasteiger partial charge in [0.15, 0.2) is 0 Å². The molecule has 51 heavy (non-hydrogen) atoms. The molecule has 4 heterocycles. The van der Waals surface area contributed by atoms with Gasteiger partial charge >= 0.3 is 5.97 Å². The minimum Gasteiger partial charge on any atom is -0.455 e. The summed E-state index contributed by atoms with van der Waals surface area (Å²) in [6.07, 6.45) is 4.09. The third-order valence-corrected chi connectivity index (χ3v) is 11.0. The van der Waals surface area contributed by atoms with Crippen LogP contribution in [-0.4, -0.2) is 90.4 Å². The number of carbonyl (C=O) groups excluding carboxylic acids is 4. The predicted octanol–water partition coefficient (Wildman–Crippen LogP) is 4.19. The van der Waals surface area contributed by atoms with Crippen molar-refractivity contribution < 1.29 is 38.5 Å². The number of esters is 1. The van der Waals surface area contributed by atoms with Crippen molar-refractivity contribution in [2.24, 2.45) is 11.8 Å². The van der Waals surface area contributed by atoms with Crippen LogP contribution in [0.4, 0.5) is 5.69 Å². The van der Waals surface area contributed by atoms with E-state index in [1.807, 2.05) is 72.8 Å². The lowest BCUT2D eigenvalue weighted by atomic mass is 9.74. The van der Waals surface area contributed by atoms with Crippen molar-refractivity contribution in [3.8, 4) is 0 Å². The summed E-state index contributed by atoms with van der Waals surface area (Å²) in [4.78, 5) is 60.5. The molecule has 3 aromatic rings. The monoisotopic (exact) mass is 757 g/mol. The molecule has 11 nitrogen and oxygen atoms in total. The maximum atomic E-state index is 15.1. The topological polar surface area (TPSA) is 135 Å². The Kier molecular flexibility index (Phi) is 9.86. The Morgan fingerprint density at radius 2 is 1.73 bits per heavy atom. The van der Waals surface area contributed by atoms with E-state index >= 15 is 4.79 Å². The van der Waals surface area contributed by atoms with Crippen LogP contribution in [0, 0.1) is 11.8 Å². The first kappa shape index (κ1) is 35.1. The van der Waals surface area contributed by atoms with Crippen molar-refractivity contribution in [2.45, 2.75) is 55.7 Å². The van der Waals surface area contributed by atoms with Gasteiger partial charge in [-0.25, -0.2) is 0 Å². The van der Waals surface area contributed by atoms with Crippen molar-refractivity contribution in [3.63, 3.8) is 0 Å². The molecule has 0 saturated carbocycles. The summed E-state index contributed by atoms with van der Waals surface area (Å²) >= 11 is 3.60. The van der Waals surface area contributed by atoms with Crippen LogP contribution in [0.3, 0.4) is 0 Å². The van der Waals surface area contributed by atoms with E-state index in [0.717, 1.165) is 10.8 Å². The lowest BCUT2D eigenvalue weighted by molar-refractivity contribution is -0.162. The zero-order chi connectivity index (χ0) is 35.9. The summed E-state index contributed by atoms with van der Waals surface area (Å²) in [5, 5.41) is 15.3. The largest absolute Gasteiger partial charge is 0.455 e. The molecule has 1 spiro atoms. The SMILES string of the molecule is COC[C@H]1NC(=O)CC/C=C\CN(c2ccc3ccccc3c2)C(=O)[C@@H]2N([C@H](C)CO)C(=O)[C@H]3[C@H](C(=O)O[C@@H]1c1ccccc1)[C@H]1O[C@@]23C=C1Br. The molecular weight excluding hydrogens is 718 g/mol. The highest BCUT2D eigenvalue weighted by molar-refractivity contribution is 9.11. The van der Waals surface area contributed by atoms with Gasteiger partial charge in [0.2, 0.25) is 11.8 Å². The fourth-order valence-electron chi connectivity index (χ4n) is 7.99. The van der Waals surface area contributed by atoms with E-state index in [0.29, 0.717) is 22.2 Å². The molecule has 2 N–H and O–H groups in total. The molecule has 0 aliphatic carbocycles. The molecular formula is C39H40BrN3O8. The maximum absolute atomic E-state index is 15.1. The van der Waals surface area contributed by atoms with Gasteiger partial charge in [-0.1, -0.05) is 88.7 Å². The number of likely N-dealkylation sites (tertiary alicyclic amines) is 1. The minimum absolute atomic E-state index is 0.0496. The fourth-order valence-corrected chi connectivity index (χ4v) is 8.72. The number of allylic oxidation sites excluding steroid dienone is 1. The number of methoxy groups -OCH3 is 1. The van der Waals surface area contributed by atoms with Gasteiger partial charge in [-0.15, -0.1) is 0 Å². The molecule has 2 fully saturated rings. The second kappa shape index (κ2) is 14.3. The highest BCUT2D eigenvalue weighted by atomic mass is 79.9. The molecule has 266 valence electrons. The Labute approximate surface area is 304 Å². The van der Waals surface area contributed by atoms with Crippen LogP contribution < -0.4 is 10.2 Å². The van der Waals surface area contributed by atoms with Crippen LogP contribution in [0.1, 0.15) is 31.4 Å². The van der Waals surface area contributed by atoms with E-state index in [2.05, 4.69) is 21.2 Å². The number of halogens is 1. The third-order valence-electron chi connectivity index (χ3n) is 10.3. The number of rotatable bonds is 6. The number of nitrogens with zero attached hydrogens (tertiary/aromatic N) is 2. The number of benzene rings is 3. The zero-order valence-electron chi connectivity index (χ0n) is 28.3. The Hall–Kier alpha value is -4.36. The number of anilines is 1. The van der Waals surface area contributed by atoms with Crippen molar-refractivity contribution in [3.05, 3.63) is 101 Å². The van der Waals surface area contributed by atoms with Gasteiger partial charge in [0.1, 0.15) is 29.8 Å². The van der Waals surface area contributed by atoms with Crippen LogP contribution in [-0.2, 0) is 33.4 Å². The van der Waals surface area contributed by atoms with Gasteiger partial charge in [-0.3, -0.25) is 19.2 Å². The van der Waals surface area contributed by atoms with Crippen molar-refractivity contribution in [1.29, 1.82) is 0 Å². The first-order chi connectivity index (χ1) is 24.7. The number of cyclic esters (lactones) is 1. The second-order valence-electron chi connectivity index (χ2n) is 13.5. The third kappa shape index (κ3) is 6.18. The summed E-state index contributed by atoms with van der Waals surface area (Å²) in [6, 6.07) is 19.8. The summed E-state index contributed by atoms with van der Waals surface area (Å²) in [6.45, 7) is 1.44. The van der Waals surface area contributed by atoms with Gasteiger partial charge in [-0.2, -0.15) is 0 Å². The van der Waals surface area contributed by atoms with Crippen LogP contribution in [0.2, 0.25) is 0 Å². The zero-order valence-corrected chi connectivity index (χ0v) is 29.9. The van der Waals surface area contributed by atoms with Gasteiger partial charge in [-0.05, 0) is 47.9 Å². The molecule has 0 unspecified atom stereocenters. The highest BCUT2D eigenvalue weighted by Gasteiger charge is 2.75. The number of hydrogen-bond acceptors (Lipinski definition) is 8. The quantitative estimate of drug-likeness (QED) is 0.283. The van der Waals surface area contributed by atoms with Crippen LogP contribution in [0.25, 0.3) is 10.8 Å². The number of carbonyl (C=O) groups is 4. The molecule has 12 heteroatoms. The molecule has 0 aromatic heterocycles. The second-order valence-corrected chi connectivity index (χ2v) is 14.4. The van der Waals surface area contributed by atoms with Gasteiger partial charge in [0.25, 0.3) is 5.91 Å². The lowest BCUT2D eigenvalue weighted by Gasteiger charge is -2.37. The van der Waals surface area contributed by atoms with Crippen molar-refractivity contribution >= 4 is 56.1 Å². The lowest BCUT2D eigenvalue weighted by Crippen LogP contribution is -2.58. The summed E-state index contributed by atoms with van der Waals surface area (Å²) in [5.41, 5.74) is -0.297. The Morgan fingerprint density at radius 3 is 2.47 bits per heavy atom. The Bertz CT molecular complexity index is 1900. The number of hydrogen-bond donors (Lipinski definition) is 2. The minimum atomic E-state index is -1.53. The summed E-state index contributed by atoms with van der Waals surface area (Å²) in [5.74, 6) is -4.13. The number of aliphatic hydroxyl groups is 1. The van der Waals surface area contributed by atoms with Crippen molar-refractivity contribution in [1.82, 2.24) is 10.2 Å². The molecule has 4 aliphatic heterocycles. The van der Waals surface area contributed by atoms with E-state index < -0.39 is 72.2 Å². The molecule has 0 radical (unpaired) electrons. The Balaban J connectivity index is 1.36. The molecule has 3 amide bonds. The molecule has 7 rings (SSSR count). The first-order valence-corrected chi connectivity index (χ1v) is 18.0. The predicted molar refractivity (Wildman–Crippen MR) is 193 cm³/mol. The summed E-state index contributed by atoms with van der Waals surface area (Å²) in [7, 11) is 1.50. The number of fused-ring (bicyclic) bond motifs is 3. The van der Waals surface area contributed by atoms with Crippen LogP contribution >= 0.6 is 15.9 Å². The average Bonchev–Trinajstić information content (AvgIpc) is 3.74. The van der Waals surface area contributed by atoms with E-state index in [9.17, 15) is 19.5 Å². The standard InChI is InChI=1S/C39H40BrN3O8/c1-23(21-44)43-35-37(47)42(27-17-16-24-11-8-9-14-26(24)19-27)18-10-4-7-15-30(45)41-29(22-49-2)33(25-12-5-3-6-13-25)50-38(48)31-32(36(43)46)39(35)20-28(40)34(31)51-39/h3-6,8-14,16-17,19-20,23,29,31-35,44H,7,15,18,21-22H2,1-2H3,(H,41,45)/b10-4-/t23-,29-,31+,32-,33-,34+,35+,39-/m1/s1. The molecule has 8 atom stereocenters. The van der Waals surface area contributed by atoms with Crippen LogP contribution in [0.5, 0.6) is 0 Å². The van der Waals surface area contributed by atoms with E-state index in [1.165, 1.54) is 12.0 Å². The smallest absolute Gasteiger partial charge is 0.313 e. The maximum Gasteiger partial charge on any atom is 0.313 e. The molecule has 4 aliphatic rings. The average molecular weight is 759 g/mol. The van der Waals surface area contributed by atoms with Gasteiger partial charge in [0, 0.05) is 30.2 Å². The van der Waals surface area contributed by atoms with E-state index in [4.69, 9.17) is 14.2 Å². The van der Waals surface area contributed by atoms with Gasteiger partial charge in [0.05, 0.1) is 31.2 Å². The molecule has 5 bridgehead atoms. The van der Waals surface area contributed by atoms with Crippen molar-refractivity contribution in [2.75, 3.05) is 31.8 Å². The van der Waals surface area contributed by atoms with E-state index in [1.54, 1.807) is 30.0 Å². The summed E-state index contributed by atoms with van der Waals surface area (Å²) < 4.78 is 19.0. The van der Waals surface area contributed by atoms with E-state index in [-0.39, 0.29) is 25.5 Å². The highest BCUT2D eigenvalue weighted by Crippen LogP contribution is 2.59. The Morgan fingerprint density at radius 1 is 0.980 bits per heavy atom. The molecule has 3 aromatic carbocycles. The molecule has 2 saturated heterocycles. The number of amides is 3. The number of nitrogens with one attached hydrogen (secondary N) is 1. The fraction of sp³-hybridized carbons (Fsp3) is 0.385. The first-order valence-electron chi connectivity index (χ1n) is 17.2. The number of ether oxygens (including phenoxy) is 3. The van der Waals surface area contributed by atoms with Crippen LogP contribution in [0.15, 0.2) is 95.5 Å². The van der Waals surface area contributed by atoms with Gasteiger partial charge < -0.3 is 34.4 Å². The number of aliphatic hydroxyl groups excluding tert-OH is 1. The normalized spacial score (nSPS) is 30.9.